The number of nitrogens with zero attached hydrogens (tertiary/aromatic N) is 1. The molecule has 3 aromatic carbocycles. The van der Waals surface area contributed by atoms with Crippen molar-refractivity contribution in [2.75, 3.05) is 25.2 Å². The number of carbonyl (C=O) groups is 1. The maximum atomic E-state index is 13.5. The van der Waals surface area contributed by atoms with Gasteiger partial charge in [-0.1, -0.05) is 31.2 Å². The molecule has 0 N–H and O–H groups in total. The maximum absolute atomic E-state index is 13.5. The lowest BCUT2D eigenvalue weighted by Gasteiger charge is -2.38. The van der Waals surface area contributed by atoms with Gasteiger partial charge in [0.15, 0.2) is 11.5 Å². The van der Waals surface area contributed by atoms with Gasteiger partial charge in [-0.2, -0.15) is 0 Å². The van der Waals surface area contributed by atoms with E-state index < -0.39 is 0 Å². The standard InChI is InChI=1S/C28H31NO4/c1-5-19-8-12-22(13-9-19)29-27(30)17-21-16-25(32-6-2)26(33-7-3)18-24(21)28(29)20-10-14-23(31-4)15-11-20/h8-16,18,28H,5-7,17H2,1-4H3/t28-/m1/s1. The Morgan fingerprint density at radius 1 is 0.879 bits per heavy atom. The van der Waals surface area contributed by atoms with Crippen molar-refractivity contribution in [3.8, 4) is 17.2 Å². The lowest BCUT2D eigenvalue weighted by atomic mass is 9.86. The highest BCUT2D eigenvalue weighted by atomic mass is 16.5. The van der Waals surface area contributed by atoms with Gasteiger partial charge in [0.25, 0.3) is 0 Å². The van der Waals surface area contributed by atoms with Crippen molar-refractivity contribution >= 4 is 11.6 Å². The third-order valence-electron chi connectivity index (χ3n) is 6.02. The molecule has 0 spiro atoms. The zero-order valence-electron chi connectivity index (χ0n) is 19.8. The number of anilines is 1. The first-order chi connectivity index (χ1) is 16.1. The van der Waals surface area contributed by atoms with Gasteiger partial charge in [-0.3, -0.25) is 4.79 Å². The second-order valence-corrected chi connectivity index (χ2v) is 8.00. The summed E-state index contributed by atoms with van der Waals surface area (Å²) in [6, 6.07) is 19.9. The Morgan fingerprint density at radius 2 is 1.52 bits per heavy atom. The SMILES string of the molecule is CCOc1cc2c(cc1OCC)[C@@H](c1ccc(OC)cc1)N(c1ccc(CC)cc1)C(=O)C2. The molecule has 4 rings (SSSR count). The van der Waals surface area contributed by atoms with E-state index in [9.17, 15) is 4.79 Å². The first-order valence-electron chi connectivity index (χ1n) is 11.6. The molecule has 172 valence electrons. The van der Waals surface area contributed by atoms with Crippen molar-refractivity contribution in [1.82, 2.24) is 0 Å². The highest BCUT2D eigenvalue weighted by molar-refractivity contribution is 5.98. The van der Waals surface area contributed by atoms with Crippen molar-refractivity contribution in [3.05, 3.63) is 82.9 Å². The van der Waals surface area contributed by atoms with Crippen LogP contribution in [0.1, 0.15) is 49.1 Å². The Kier molecular flexibility index (Phi) is 6.87. The molecule has 0 fully saturated rings. The summed E-state index contributed by atoms with van der Waals surface area (Å²) in [6.45, 7) is 7.10. The topological polar surface area (TPSA) is 48.0 Å². The van der Waals surface area contributed by atoms with E-state index in [0.29, 0.717) is 31.1 Å². The van der Waals surface area contributed by atoms with Gasteiger partial charge in [0, 0.05) is 5.69 Å². The molecule has 5 nitrogen and oxygen atoms in total. The molecule has 1 heterocycles. The van der Waals surface area contributed by atoms with E-state index in [4.69, 9.17) is 14.2 Å². The van der Waals surface area contributed by atoms with Crippen LogP contribution < -0.4 is 19.1 Å². The predicted molar refractivity (Wildman–Crippen MR) is 131 cm³/mol. The third-order valence-corrected chi connectivity index (χ3v) is 6.02. The highest BCUT2D eigenvalue weighted by Gasteiger charge is 2.36. The van der Waals surface area contributed by atoms with E-state index in [1.165, 1.54) is 5.56 Å². The van der Waals surface area contributed by atoms with Crippen molar-refractivity contribution in [3.63, 3.8) is 0 Å². The molecule has 1 aliphatic heterocycles. The molecule has 0 saturated carbocycles. The summed E-state index contributed by atoms with van der Waals surface area (Å²) in [6.07, 6.45) is 1.26. The van der Waals surface area contributed by atoms with Gasteiger partial charge in [-0.25, -0.2) is 0 Å². The molecule has 0 radical (unpaired) electrons. The average molecular weight is 446 g/mol. The van der Waals surface area contributed by atoms with E-state index in [1.807, 2.05) is 67.3 Å². The van der Waals surface area contributed by atoms with Crippen molar-refractivity contribution < 1.29 is 19.0 Å². The van der Waals surface area contributed by atoms with Crippen LogP contribution in [0, 0.1) is 0 Å². The number of carbonyl (C=O) groups excluding carboxylic acids is 1. The zero-order valence-corrected chi connectivity index (χ0v) is 19.8. The summed E-state index contributed by atoms with van der Waals surface area (Å²) in [5.74, 6) is 2.22. The molecule has 1 atom stereocenters. The van der Waals surface area contributed by atoms with E-state index in [0.717, 1.165) is 34.5 Å². The van der Waals surface area contributed by atoms with Gasteiger partial charge in [0.05, 0.1) is 32.8 Å². The van der Waals surface area contributed by atoms with Gasteiger partial charge in [0.2, 0.25) is 5.91 Å². The van der Waals surface area contributed by atoms with Crippen molar-refractivity contribution in [2.24, 2.45) is 0 Å². The Labute approximate surface area is 195 Å². The Morgan fingerprint density at radius 3 is 2.09 bits per heavy atom. The van der Waals surface area contributed by atoms with Gasteiger partial charge >= 0.3 is 0 Å². The van der Waals surface area contributed by atoms with E-state index >= 15 is 0 Å². The summed E-state index contributed by atoms with van der Waals surface area (Å²) >= 11 is 0. The monoisotopic (exact) mass is 445 g/mol. The fourth-order valence-corrected chi connectivity index (χ4v) is 4.39. The van der Waals surface area contributed by atoms with Gasteiger partial charge in [0.1, 0.15) is 5.75 Å². The van der Waals surface area contributed by atoms with E-state index in [2.05, 4.69) is 19.1 Å². The second kappa shape index (κ2) is 9.99. The molecular weight excluding hydrogens is 414 g/mol. The van der Waals surface area contributed by atoms with Crippen LogP contribution in [0.5, 0.6) is 17.2 Å². The summed E-state index contributed by atoms with van der Waals surface area (Å²) in [4.78, 5) is 15.4. The minimum atomic E-state index is -0.283. The van der Waals surface area contributed by atoms with Crippen molar-refractivity contribution in [1.29, 1.82) is 0 Å². The normalized spacial score (nSPS) is 15.2. The van der Waals surface area contributed by atoms with Crippen LogP contribution in [-0.2, 0) is 17.6 Å². The lowest BCUT2D eigenvalue weighted by molar-refractivity contribution is -0.118. The molecular formula is C28H31NO4. The third kappa shape index (κ3) is 4.54. The maximum Gasteiger partial charge on any atom is 0.232 e. The Bertz CT molecular complexity index is 1110. The molecule has 33 heavy (non-hydrogen) atoms. The molecule has 3 aromatic rings. The van der Waals surface area contributed by atoms with E-state index in [-0.39, 0.29) is 11.9 Å². The molecule has 1 amide bonds. The molecule has 0 bridgehead atoms. The van der Waals surface area contributed by atoms with Crippen LogP contribution in [0.25, 0.3) is 0 Å². The number of methoxy groups -OCH3 is 1. The molecule has 0 saturated heterocycles. The van der Waals surface area contributed by atoms with Crippen LogP contribution in [0.3, 0.4) is 0 Å². The van der Waals surface area contributed by atoms with Gasteiger partial charge in [-0.15, -0.1) is 0 Å². The Balaban J connectivity index is 1.89. The minimum Gasteiger partial charge on any atom is -0.497 e. The smallest absolute Gasteiger partial charge is 0.232 e. The highest BCUT2D eigenvalue weighted by Crippen LogP contribution is 2.43. The van der Waals surface area contributed by atoms with Crippen LogP contribution in [-0.4, -0.2) is 26.2 Å². The van der Waals surface area contributed by atoms with Crippen LogP contribution in [0.15, 0.2) is 60.7 Å². The fraction of sp³-hybridized carbons (Fsp3) is 0.321. The first kappa shape index (κ1) is 22.7. The number of ether oxygens (including phenoxy) is 3. The zero-order chi connectivity index (χ0) is 23.4. The number of aryl methyl sites for hydroxylation is 1. The summed E-state index contributed by atoms with van der Waals surface area (Å²) < 4.78 is 17.1. The Hall–Kier alpha value is -3.47. The second-order valence-electron chi connectivity index (χ2n) is 8.00. The summed E-state index contributed by atoms with van der Waals surface area (Å²) in [5, 5.41) is 0. The fourth-order valence-electron chi connectivity index (χ4n) is 4.39. The average Bonchev–Trinajstić information content (AvgIpc) is 2.84. The van der Waals surface area contributed by atoms with Crippen molar-refractivity contribution in [2.45, 2.75) is 39.7 Å². The van der Waals surface area contributed by atoms with E-state index in [1.54, 1.807) is 7.11 Å². The largest absolute Gasteiger partial charge is 0.497 e. The molecule has 0 aliphatic carbocycles. The van der Waals surface area contributed by atoms with Gasteiger partial charge in [-0.05, 0) is 78.9 Å². The van der Waals surface area contributed by atoms with Crippen LogP contribution in [0.2, 0.25) is 0 Å². The number of rotatable bonds is 8. The number of amides is 1. The quantitative estimate of drug-likeness (QED) is 0.444. The number of hydrogen-bond acceptors (Lipinski definition) is 4. The number of benzene rings is 3. The molecule has 0 aromatic heterocycles. The number of fused-ring (bicyclic) bond motifs is 1. The van der Waals surface area contributed by atoms with Crippen LogP contribution in [0.4, 0.5) is 5.69 Å². The lowest BCUT2D eigenvalue weighted by Crippen LogP contribution is -2.41. The molecule has 0 unspecified atom stereocenters. The van der Waals surface area contributed by atoms with Crippen LogP contribution >= 0.6 is 0 Å². The molecule has 1 aliphatic rings. The molecule has 5 heteroatoms. The first-order valence-corrected chi connectivity index (χ1v) is 11.6. The minimum absolute atomic E-state index is 0.0548. The number of hydrogen-bond donors (Lipinski definition) is 0. The summed E-state index contributed by atoms with van der Waals surface area (Å²) in [7, 11) is 1.65. The van der Waals surface area contributed by atoms with Gasteiger partial charge < -0.3 is 19.1 Å². The summed E-state index contributed by atoms with van der Waals surface area (Å²) in [5.41, 5.74) is 5.15. The predicted octanol–water partition coefficient (Wildman–Crippen LogP) is 5.73.